The van der Waals surface area contributed by atoms with Gasteiger partial charge in [0.05, 0.1) is 18.1 Å². The molecule has 6 heteroatoms. The fraction of sp³-hybridized carbons (Fsp3) is 0. The van der Waals surface area contributed by atoms with Gasteiger partial charge >= 0.3 is 0 Å². The first-order chi connectivity index (χ1) is 8.22. The second-order valence-corrected chi connectivity index (χ2v) is 4.33. The van der Waals surface area contributed by atoms with Crippen molar-refractivity contribution in [2.75, 3.05) is 0 Å². The Labute approximate surface area is 112 Å². The number of rotatable bonds is 3. The molecule has 2 aromatic rings. The Bertz CT molecular complexity index is 611. The molecule has 0 fully saturated rings. The first-order valence-electron chi connectivity index (χ1n) is 4.82. The first-order valence-corrected chi connectivity index (χ1v) is 5.90. The number of halogens is 1. The van der Waals surface area contributed by atoms with E-state index in [1.165, 1.54) is 12.4 Å². The molecular formula is C11H10IN5. The number of aromatic nitrogens is 2. The lowest BCUT2D eigenvalue weighted by Crippen LogP contribution is -1.88. The van der Waals surface area contributed by atoms with Crippen LogP contribution in [0.5, 0.6) is 0 Å². The van der Waals surface area contributed by atoms with Gasteiger partial charge in [0.2, 0.25) is 0 Å². The van der Waals surface area contributed by atoms with Crippen molar-refractivity contribution in [1.82, 2.24) is 9.38 Å². The van der Waals surface area contributed by atoms with E-state index in [1.54, 1.807) is 6.20 Å². The number of hydrogen-bond acceptors (Lipinski definition) is 4. The summed E-state index contributed by atoms with van der Waals surface area (Å²) >= 11 is 2.22. The number of fused-ring (bicyclic) bond motifs is 1. The Hall–Kier alpha value is -1.70. The molecule has 0 unspecified atom stereocenters. The van der Waals surface area contributed by atoms with Gasteiger partial charge in [-0.15, -0.1) is 0 Å². The van der Waals surface area contributed by atoms with Gasteiger partial charge in [-0.05, 0) is 34.7 Å². The zero-order valence-corrected chi connectivity index (χ0v) is 11.1. The zero-order valence-electron chi connectivity index (χ0n) is 8.92. The summed E-state index contributed by atoms with van der Waals surface area (Å²) in [7, 11) is 0. The van der Waals surface area contributed by atoms with E-state index < -0.39 is 0 Å². The van der Waals surface area contributed by atoms with Crippen molar-refractivity contribution in [2.24, 2.45) is 16.0 Å². The van der Waals surface area contributed by atoms with Crippen molar-refractivity contribution < 1.29 is 0 Å². The van der Waals surface area contributed by atoms with Gasteiger partial charge in [-0.25, -0.2) is 4.98 Å². The van der Waals surface area contributed by atoms with Crippen molar-refractivity contribution in [3.05, 3.63) is 52.8 Å². The summed E-state index contributed by atoms with van der Waals surface area (Å²) < 4.78 is 3.04. The number of pyridine rings is 1. The molecule has 0 saturated heterocycles. The Morgan fingerprint density at radius 2 is 2.41 bits per heavy atom. The Kier molecular flexibility index (Phi) is 3.52. The van der Waals surface area contributed by atoms with E-state index >= 15 is 0 Å². The highest BCUT2D eigenvalue weighted by molar-refractivity contribution is 14.1. The van der Waals surface area contributed by atoms with Gasteiger partial charge in [0.25, 0.3) is 0 Å². The quantitative estimate of drug-likeness (QED) is 0.690. The first kappa shape index (κ1) is 11.8. The topological polar surface area (TPSA) is 68.0 Å². The van der Waals surface area contributed by atoms with Gasteiger partial charge in [-0.1, -0.05) is 6.58 Å². The lowest BCUT2D eigenvalue weighted by atomic mass is 10.2. The van der Waals surface area contributed by atoms with Gasteiger partial charge in [0.15, 0.2) is 0 Å². The van der Waals surface area contributed by atoms with E-state index in [-0.39, 0.29) is 0 Å². The van der Waals surface area contributed by atoms with E-state index in [2.05, 4.69) is 44.4 Å². The van der Waals surface area contributed by atoms with Crippen LogP contribution in [0.2, 0.25) is 0 Å². The number of nitrogens with zero attached hydrogens (tertiary/aromatic N) is 4. The molecule has 5 nitrogen and oxygen atoms in total. The third-order valence-electron chi connectivity index (χ3n) is 2.13. The SMILES string of the molecule is C=C(/N=N\C=C/N)c1ccn2c(I)cnc2c1. The number of azo groups is 1. The Morgan fingerprint density at radius 3 is 3.18 bits per heavy atom. The molecule has 0 radical (unpaired) electrons. The van der Waals surface area contributed by atoms with Gasteiger partial charge in [0.1, 0.15) is 9.35 Å². The highest BCUT2D eigenvalue weighted by atomic mass is 127. The molecule has 0 saturated carbocycles. The third kappa shape index (κ3) is 2.52. The van der Waals surface area contributed by atoms with Crippen molar-refractivity contribution in [1.29, 1.82) is 0 Å². The van der Waals surface area contributed by atoms with Crippen LogP contribution in [0.4, 0.5) is 0 Å². The largest absolute Gasteiger partial charge is 0.403 e. The second-order valence-electron chi connectivity index (χ2n) is 3.23. The minimum absolute atomic E-state index is 0.573. The molecule has 0 bridgehead atoms. The molecule has 2 N–H and O–H groups in total. The fourth-order valence-electron chi connectivity index (χ4n) is 1.33. The lowest BCUT2D eigenvalue weighted by molar-refractivity contribution is 1.14. The third-order valence-corrected chi connectivity index (χ3v) is 2.93. The summed E-state index contributed by atoms with van der Waals surface area (Å²) in [4.78, 5) is 4.27. The van der Waals surface area contributed by atoms with Crippen LogP contribution >= 0.6 is 22.6 Å². The van der Waals surface area contributed by atoms with Crippen LogP contribution in [0.15, 0.2) is 53.7 Å². The summed E-state index contributed by atoms with van der Waals surface area (Å²) in [5.74, 6) is 0. The summed E-state index contributed by atoms with van der Waals surface area (Å²) in [6.45, 7) is 3.84. The van der Waals surface area contributed by atoms with Crippen LogP contribution in [0.25, 0.3) is 11.3 Å². The molecule has 0 aliphatic carbocycles. The van der Waals surface area contributed by atoms with Crippen molar-refractivity contribution in [3.8, 4) is 0 Å². The van der Waals surface area contributed by atoms with E-state index in [4.69, 9.17) is 5.73 Å². The summed E-state index contributed by atoms with van der Waals surface area (Å²) in [5, 5.41) is 7.67. The van der Waals surface area contributed by atoms with Crippen LogP contribution in [-0.2, 0) is 0 Å². The minimum Gasteiger partial charge on any atom is -0.403 e. The molecule has 0 amide bonds. The summed E-state index contributed by atoms with van der Waals surface area (Å²) in [5.41, 5.74) is 7.47. The maximum atomic E-state index is 5.15. The highest BCUT2D eigenvalue weighted by Crippen LogP contribution is 2.17. The molecular weight excluding hydrogens is 329 g/mol. The molecule has 17 heavy (non-hydrogen) atoms. The average molecular weight is 339 g/mol. The molecule has 86 valence electrons. The molecule has 0 spiro atoms. The maximum absolute atomic E-state index is 5.15. The number of nitrogens with two attached hydrogens (primary N) is 1. The monoisotopic (exact) mass is 339 g/mol. The molecule has 0 aliphatic heterocycles. The predicted octanol–water partition coefficient (Wildman–Crippen LogP) is 2.79. The second kappa shape index (κ2) is 5.09. The van der Waals surface area contributed by atoms with Crippen LogP contribution in [0, 0.1) is 3.70 Å². The van der Waals surface area contributed by atoms with Crippen LogP contribution in [-0.4, -0.2) is 9.38 Å². The molecule has 2 rings (SSSR count). The molecule has 0 aliphatic rings. The van der Waals surface area contributed by atoms with Gasteiger partial charge in [0, 0.05) is 18.0 Å². The fourth-order valence-corrected chi connectivity index (χ4v) is 1.88. The smallest absolute Gasteiger partial charge is 0.138 e. The zero-order chi connectivity index (χ0) is 12.3. The minimum atomic E-state index is 0.573. The van der Waals surface area contributed by atoms with Gasteiger partial charge in [-0.3, -0.25) is 4.40 Å². The molecule has 2 aromatic heterocycles. The van der Waals surface area contributed by atoms with E-state index in [9.17, 15) is 0 Å². The standard InChI is InChI=1S/C11H10IN5/c1-8(16-15-4-3-13)9-2-5-17-10(12)7-14-11(17)6-9/h2-7H,1,13H2/b4-3-,16-15-. The van der Waals surface area contributed by atoms with Gasteiger partial charge in [-0.2, -0.15) is 10.2 Å². The van der Waals surface area contributed by atoms with Crippen LogP contribution < -0.4 is 5.73 Å². The number of hydrogen-bond donors (Lipinski definition) is 1. The average Bonchev–Trinajstić information content (AvgIpc) is 2.71. The summed E-state index contributed by atoms with van der Waals surface area (Å²) in [6, 6.07) is 3.83. The highest BCUT2D eigenvalue weighted by Gasteiger charge is 2.03. The number of imidazole rings is 1. The van der Waals surface area contributed by atoms with E-state index in [1.807, 2.05) is 22.7 Å². The van der Waals surface area contributed by atoms with Crippen LogP contribution in [0.1, 0.15) is 5.56 Å². The molecule has 0 aromatic carbocycles. The van der Waals surface area contributed by atoms with E-state index in [0.717, 1.165) is 14.9 Å². The van der Waals surface area contributed by atoms with Gasteiger partial charge < -0.3 is 5.73 Å². The van der Waals surface area contributed by atoms with Crippen molar-refractivity contribution >= 4 is 33.9 Å². The van der Waals surface area contributed by atoms with Crippen molar-refractivity contribution in [2.45, 2.75) is 0 Å². The normalized spacial score (nSPS) is 11.8. The van der Waals surface area contributed by atoms with Crippen molar-refractivity contribution in [3.63, 3.8) is 0 Å². The Balaban J connectivity index is 2.33. The maximum Gasteiger partial charge on any atom is 0.138 e. The molecule has 2 heterocycles. The summed E-state index contributed by atoms with van der Waals surface area (Å²) in [6.07, 6.45) is 6.46. The van der Waals surface area contributed by atoms with E-state index in [0.29, 0.717) is 5.70 Å². The Morgan fingerprint density at radius 1 is 1.59 bits per heavy atom. The molecule has 0 atom stereocenters. The predicted molar refractivity (Wildman–Crippen MR) is 75.1 cm³/mol. The lowest BCUT2D eigenvalue weighted by Gasteiger charge is -2.00. The van der Waals surface area contributed by atoms with Crippen LogP contribution in [0.3, 0.4) is 0 Å².